The van der Waals surface area contributed by atoms with E-state index in [2.05, 4.69) is 35.2 Å². The lowest BCUT2D eigenvalue weighted by atomic mass is 9.77. The molecule has 1 N–H and O–H groups in total. The normalized spacial score (nSPS) is 26.8. The van der Waals surface area contributed by atoms with Crippen LogP contribution in [-0.2, 0) is 0 Å². The van der Waals surface area contributed by atoms with Crippen molar-refractivity contribution in [2.75, 3.05) is 0 Å². The van der Waals surface area contributed by atoms with Crippen LogP contribution in [-0.4, -0.2) is 5.11 Å². The van der Waals surface area contributed by atoms with Crippen LogP contribution in [0.5, 0.6) is 0 Å². The van der Waals surface area contributed by atoms with E-state index >= 15 is 0 Å². The van der Waals surface area contributed by atoms with Gasteiger partial charge < -0.3 is 5.11 Å². The van der Waals surface area contributed by atoms with Gasteiger partial charge in [0.15, 0.2) is 0 Å². The molecule has 3 heteroatoms. The van der Waals surface area contributed by atoms with E-state index in [1.807, 2.05) is 5.38 Å². The summed E-state index contributed by atoms with van der Waals surface area (Å²) in [5.41, 5.74) is 1.35. The van der Waals surface area contributed by atoms with Crippen molar-refractivity contribution in [3.05, 3.63) is 20.8 Å². The van der Waals surface area contributed by atoms with E-state index in [1.165, 1.54) is 12.8 Å². The molecule has 0 spiro atoms. The van der Waals surface area contributed by atoms with E-state index in [1.54, 1.807) is 11.3 Å². The summed E-state index contributed by atoms with van der Waals surface area (Å²) in [5.74, 6) is 0.406. The average molecular weight is 289 g/mol. The topological polar surface area (TPSA) is 20.2 Å². The molecule has 2 rings (SSSR count). The number of hydrogen-bond donors (Lipinski definition) is 1. The Hall–Kier alpha value is 0.140. The predicted molar refractivity (Wildman–Crippen MR) is 68.1 cm³/mol. The van der Waals surface area contributed by atoms with Crippen molar-refractivity contribution < 1.29 is 5.11 Å². The van der Waals surface area contributed by atoms with Gasteiger partial charge in [0.25, 0.3) is 0 Å². The third-order valence-electron chi connectivity index (χ3n) is 3.68. The van der Waals surface area contributed by atoms with Crippen LogP contribution in [0.4, 0.5) is 0 Å². The van der Waals surface area contributed by atoms with Crippen LogP contribution in [0.1, 0.15) is 44.8 Å². The standard InChI is InChI=1S/C12H17BrOS/c1-12(2)5-3-4-9(12)11(14)8-6-15-7-10(8)13/h6-7,9,11,14H,3-5H2,1-2H3. The first-order valence-corrected chi connectivity index (χ1v) is 7.15. The quantitative estimate of drug-likeness (QED) is 0.857. The second-order valence-corrected chi connectivity index (χ2v) is 6.71. The van der Waals surface area contributed by atoms with Gasteiger partial charge in [0.05, 0.1) is 6.10 Å². The van der Waals surface area contributed by atoms with E-state index in [0.29, 0.717) is 5.92 Å². The molecule has 1 heterocycles. The van der Waals surface area contributed by atoms with Crippen LogP contribution in [0.2, 0.25) is 0 Å². The number of rotatable bonds is 2. The third-order valence-corrected chi connectivity index (χ3v) is 5.43. The van der Waals surface area contributed by atoms with E-state index < -0.39 is 0 Å². The zero-order valence-electron chi connectivity index (χ0n) is 9.16. The molecule has 1 aliphatic carbocycles. The summed E-state index contributed by atoms with van der Waals surface area (Å²) < 4.78 is 1.06. The molecule has 1 nitrogen and oxygen atoms in total. The minimum atomic E-state index is -0.303. The highest BCUT2D eigenvalue weighted by Gasteiger charge is 2.40. The first-order chi connectivity index (χ1) is 7.02. The zero-order valence-corrected chi connectivity index (χ0v) is 11.6. The Balaban J connectivity index is 2.21. The summed E-state index contributed by atoms with van der Waals surface area (Å²) in [6.45, 7) is 4.54. The molecule has 1 aliphatic rings. The molecule has 0 bridgehead atoms. The summed E-state index contributed by atoms with van der Waals surface area (Å²) in [6, 6.07) is 0. The fraction of sp³-hybridized carbons (Fsp3) is 0.667. The summed E-state index contributed by atoms with van der Waals surface area (Å²) in [4.78, 5) is 0. The molecule has 1 fully saturated rings. The molecule has 1 saturated carbocycles. The van der Waals surface area contributed by atoms with E-state index in [0.717, 1.165) is 16.5 Å². The molecule has 0 amide bonds. The van der Waals surface area contributed by atoms with Crippen molar-refractivity contribution in [1.82, 2.24) is 0 Å². The van der Waals surface area contributed by atoms with Gasteiger partial charge in [-0.3, -0.25) is 0 Å². The Labute approximate surface area is 104 Å². The Morgan fingerprint density at radius 2 is 2.27 bits per heavy atom. The molecule has 0 radical (unpaired) electrons. The summed E-state index contributed by atoms with van der Waals surface area (Å²) >= 11 is 5.15. The van der Waals surface area contributed by atoms with Gasteiger partial charge in [0.1, 0.15) is 0 Å². The Bertz CT molecular complexity index is 345. The van der Waals surface area contributed by atoms with Crippen molar-refractivity contribution in [3.63, 3.8) is 0 Å². The van der Waals surface area contributed by atoms with Crippen molar-refractivity contribution in [1.29, 1.82) is 0 Å². The van der Waals surface area contributed by atoms with Crippen molar-refractivity contribution in [3.8, 4) is 0 Å². The maximum atomic E-state index is 10.4. The summed E-state index contributed by atoms with van der Waals surface area (Å²) in [5, 5.41) is 14.5. The zero-order chi connectivity index (χ0) is 11.1. The Morgan fingerprint density at radius 3 is 2.73 bits per heavy atom. The molecule has 1 aromatic heterocycles. The van der Waals surface area contributed by atoms with Gasteiger partial charge in [-0.1, -0.05) is 20.3 Å². The number of halogens is 1. The van der Waals surface area contributed by atoms with Gasteiger partial charge in [-0.05, 0) is 45.5 Å². The highest BCUT2D eigenvalue weighted by molar-refractivity contribution is 9.10. The van der Waals surface area contributed by atoms with Crippen molar-refractivity contribution in [2.24, 2.45) is 11.3 Å². The summed E-state index contributed by atoms with van der Waals surface area (Å²) in [7, 11) is 0. The minimum absolute atomic E-state index is 0.279. The largest absolute Gasteiger partial charge is 0.388 e. The minimum Gasteiger partial charge on any atom is -0.388 e. The van der Waals surface area contributed by atoms with Crippen LogP contribution >= 0.6 is 27.3 Å². The van der Waals surface area contributed by atoms with E-state index in [4.69, 9.17) is 0 Å². The van der Waals surface area contributed by atoms with Gasteiger partial charge in [0.2, 0.25) is 0 Å². The van der Waals surface area contributed by atoms with Gasteiger partial charge in [-0.2, -0.15) is 11.3 Å². The SMILES string of the molecule is CC1(C)CCCC1C(O)c1cscc1Br. The van der Waals surface area contributed by atoms with Crippen LogP contribution in [0.25, 0.3) is 0 Å². The maximum Gasteiger partial charge on any atom is 0.0842 e. The molecule has 84 valence electrons. The molecule has 15 heavy (non-hydrogen) atoms. The molecule has 2 unspecified atom stereocenters. The van der Waals surface area contributed by atoms with Crippen LogP contribution in [0, 0.1) is 11.3 Å². The van der Waals surface area contributed by atoms with Crippen LogP contribution in [0.15, 0.2) is 15.2 Å². The lowest BCUT2D eigenvalue weighted by Gasteiger charge is -2.31. The molecule has 0 aliphatic heterocycles. The summed E-state index contributed by atoms with van der Waals surface area (Å²) in [6.07, 6.45) is 3.33. The Kier molecular flexibility index (Phi) is 3.25. The van der Waals surface area contributed by atoms with E-state index in [9.17, 15) is 5.11 Å². The van der Waals surface area contributed by atoms with Crippen LogP contribution in [0.3, 0.4) is 0 Å². The monoisotopic (exact) mass is 288 g/mol. The number of aliphatic hydroxyl groups is 1. The van der Waals surface area contributed by atoms with E-state index in [-0.39, 0.29) is 11.5 Å². The molecule has 2 atom stereocenters. The smallest absolute Gasteiger partial charge is 0.0842 e. The second-order valence-electron chi connectivity index (χ2n) is 5.11. The van der Waals surface area contributed by atoms with Crippen molar-refractivity contribution in [2.45, 2.75) is 39.2 Å². The lowest BCUT2D eigenvalue weighted by molar-refractivity contribution is 0.0530. The van der Waals surface area contributed by atoms with Gasteiger partial charge in [0, 0.05) is 15.4 Å². The van der Waals surface area contributed by atoms with Gasteiger partial charge >= 0.3 is 0 Å². The fourth-order valence-electron chi connectivity index (χ4n) is 2.66. The highest BCUT2D eigenvalue weighted by Crippen LogP contribution is 2.49. The molecular weight excluding hydrogens is 272 g/mol. The molecular formula is C12H17BrOS. The molecule has 0 aromatic carbocycles. The average Bonchev–Trinajstić information content (AvgIpc) is 2.70. The Morgan fingerprint density at radius 1 is 1.53 bits per heavy atom. The molecule has 0 saturated heterocycles. The number of hydrogen-bond acceptors (Lipinski definition) is 2. The van der Waals surface area contributed by atoms with Crippen LogP contribution < -0.4 is 0 Å². The predicted octanol–water partition coefficient (Wildman–Crippen LogP) is 4.37. The highest BCUT2D eigenvalue weighted by atomic mass is 79.9. The maximum absolute atomic E-state index is 10.4. The number of thiophene rings is 1. The first-order valence-electron chi connectivity index (χ1n) is 5.42. The second kappa shape index (κ2) is 4.19. The third kappa shape index (κ3) is 2.15. The first kappa shape index (κ1) is 11.6. The van der Waals surface area contributed by atoms with Gasteiger partial charge in [-0.15, -0.1) is 0 Å². The van der Waals surface area contributed by atoms with Gasteiger partial charge in [-0.25, -0.2) is 0 Å². The fourth-order valence-corrected chi connectivity index (χ4v) is 4.22. The lowest BCUT2D eigenvalue weighted by Crippen LogP contribution is -2.24. The number of aliphatic hydroxyl groups excluding tert-OH is 1. The van der Waals surface area contributed by atoms with Crippen molar-refractivity contribution >= 4 is 27.3 Å². The molecule has 1 aromatic rings.